The second kappa shape index (κ2) is 8.98. The fraction of sp³-hybridized carbons (Fsp3) is 0.588. The Labute approximate surface area is 157 Å². The Balaban J connectivity index is 0.00000576. The van der Waals surface area contributed by atoms with Crippen molar-refractivity contribution < 1.29 is 13.2 Å². The summed E-state index contributed by atoms with van der Waals surface area (Å²) in [6.45, 7) is 9.07. The number of nitrogens with two attached hydrogens (primary N) is 1. The van der Waals surface area contributed by atoms with Gasteiger partial charge in [0, 0.05) is 12.1 Å². The van der Waals surface area contributed by atoms with Gasteiger partial charge in [-0.25, -0.2) is 13.1 Å². The molecule has 1 unspecified atom stereocenters. The number of carbonyl (C=O) groups excluding carboxylic acids is 1. The highest BCUT2D eigenvalue weighted by molar-refractivity contribution is 7.89. The standard InChI is InChI=1S/C17H29N3O3S.ClH/c1-6-11-17(5,18)15(21)19-12-13-9-7-8-10-14(13)24(22,23)20-16(2,3)4;/h7-10,20H,6,11-12,18H2,1-5H3,(H,19,21);1H. The Kier molecular flexibility index (Phi) is 8.57. The van der Waals surface area contributed by atoms with Crippen LogP contribution in [0.4, 0.5) is 0 Å². The van der Waals surface area contributed by atoms with E-state index in [0.29, 0.717) is 12.0 Å². The Morgan fingerprint density at radius 3 is 2.24 bits per heavy atom. The molecule has 0 aliphatic heterocycles. The van der Waals surface area contributed by atoms with Crippen molar-refractivity contribution in [3.8, 4) is 0 Å². The van der Waals surface area contributed by atoms with Crippen LogP contribution in [0, 0.1) is 0 Å². The summed E-state index contributed by atoms with van der Waals surface area (Å²) >= 11 is 0. The Morgan fingerprint density at radius 1 is 1.16 bits per heavy atom. The van der Waals surface area contributed by atoms with Gasteiger partial charge < -0.3 is 11.1 Å². The van der Waals surface area contributed by atoms with E-state index in [1.165, 1.54) is 6.07 Å². The Morgan fingerprint density at radius 2 is 1.72 bits per heavy atom. The van der Waals surface area contributed by atoms with E-state index in [0.717, 1.165) is 6.42 Å². The molecule has 0 bridgehead atoms. The first kappa shape index (κ1) is 23.9. The molecule has 0 saturated carbocycles. The number of benzene rings is 1. The van der Waals surface area contributed by atoms with Gasteiger partial charge >= 0.3 is 0 Å². The average molecular weight is 392 g/mol. The fourth-order valence-electron chi connectivity index (χ4n) is 2.38. The smallest absolute Gasteiger partial charge is 0.241 e. The van der Waals surface area contributed by atoms with E-state index in [4.69, 9.17) is 5.73 Å². The van der Waals surface area contributed by atoms with E-state index in [-0.39, 0.29) is 29.8 Å². The third-order valence-corrected chi connectivity index (χ3v) is 5.29. The molecule has 25 heavy (non-hydrogen) atoms. The zero-order chi connectivity index (χ0) is 18.6. The van der Waals surface area contributed by atoms with Gasteiger partial charge in [-0.2, -0.15) is 0 Å². The maximum absolute atomic E-state index is 12.6. The average Bonchev–Trinajstić information content (AvgIpc) is 2.42. The number of hydrogen-bond acceptors (Lipinski definition) is 4. The molecule has 4 N–H and O–H groups in total. The van der Waals surface area contributed by atoms with Gasteiger partial charge in [-0.05, 0) is 45.7 Å². The van der Waals surface area contributed by atoms with Crippen LogP contribution in [0.3, 0.4) is 0 Å². The highest BCUT2D eigenvalue weighted by Crippen LogP contribution is 2.18. The van der Waals surface area contributed by atoms with Crippen molar-refractivity contribution in [3.63, 3.8) is 0 Å². The van der Waals surface area contributed by atoms with E-state index in [2.05, 4.69) is 10.0 Å². The molecule has 0 aliphatic rings. The van der Waals surface area contributed by atoms with Crippen LogP contribution in [0.5, 0.6) is 0 Å². The van der Waals surface area contributed by atoms with Gasteiger partial charge in [0.25, 0.3) is 0 Å². The number of amides is 1. The van der Waals surface area contributed by atoms with Gasteiger partial charge in [0.15, 0.2) is 0 Å². The molecule has 6 nitrogen and oxygen atoms in total. The molecule has 0 radical (unpaired) electrons. The Bertz CT molecular complexity index is 683. The lowest BCUT2D eigenvalue weighted by atomic mass is 9.96. The van der Waals surface area contributed by atoms with E-state index in [1.54, 1.807) is 45.9 Å². The molecule has 0 spiro atoms. The van der Waals surface area contributed by atoms with Crippen LogP contribution in [0.25, 0.3) is 0 Å². The maximum Gasteiger partial charge on any atom is 0.241 e. The molecule has 0 saturated heterocycles. The summed E-state index contributed by atoms with van der Waals surface area (Å²) < 4.78 is 27.8. The maximum atomic E-state index is 12.6. The van der Waals surface area contributed by atoms with Crippen LogP contribution in [-0.4, -0.2) is 25.4 Å². The fourth-order valence-corrected chi connectivity index (χ4v) is 4.04. The molecule has 1 aromatic carbocycles. The quantitative estimate of drug-likeness (QED) is 0.663. The molecule has 1 amide bonds. The zero-order valence-electron chi connectivity index (χ0n) is 15.5. The van der Waals surface area contributed by atoms with Crippen molar-refractivity contribution >= 4 is 28.3 Å². The normalized spacial score (nSPS) is 14.3. The molecule has 0 aromatic heterocycles. The van der Waals surface area contributed by atoms with Crippen LogP contribution in [0.1, 0.15) is 53.0 Å². The summed E-state index contributed by atoms with van der Waals surface area (Å²) in [5.74, 6) is -0.291. The predicted octanol–water partition coefficient (Wildman–Crippen LogP) is 2.32. The summed E-state index contributed by atoms with van der Waals surface area (Å²) in [6, 6.07) is 6.62. The van der Waals surface area contributed by atoms with Gasteiger partial charge in [0.05, 0.1) is 10.4 Å². The third kappa shape index (κ3) is 7.32. The lowest BCUT2D eigenvalue weighted by Crippen LogP contribution is -2.51. The molecular weight excluding hydrogens is 362 g/mol. The highest BCUT2D eigenvalue weighted by Gasteiger charge is 2.28. The molecular formula is C17H30ClN3O3S. The summed E-state index contributed by atoms with van der Waals surface area (Å²) in [7, 11) is -3.67. The number of halogens is 1. The predicted molar refractivity (Wildman–Crippen MR) is 103 cm³/mol. The Hall–Kier alpha value is -1.15. The SMILES string of the molecule is CCCC(C)(N)C(=O)NCc1ccccc1S(=O)(=O)NC(C)(C)C.Cl. The molecule has 0 aliphatic carbocycles. The number of hydrogen-bond donors (Lipinski definition) is 3. The molecule has 1 aromatic rings. The second-order valence-electron chi connectivity index (χ2n) is 7.31. The minimum absolute atomic E-state index is 0. The van der Waals surface area contributed by atoms with E-state index in [9.17, 15) is 13.2 Å². The lowest BCUT2D eigenvalue weighted by molar-refractivity contribution is -0.126. The van der Waals surface area contributed by atoms with Crippen LogP contribution >= 0.6 is 12.4 Å². The van der Waals surface area contributed by atoms with Gasteiger partial charge in [-0.3, -0.25) is 4.79 Å². The summed E-state index contributed by atoms with van der Waals surface area (Å²) in [4.78, 5) is 12.4. The van der Waals surface area contributed by atoms with Crippen molar-refractivity contribution in [2.24, 2.45) is 5.73 Å². The number of nitrogens with one attached hydrogen (secondary N) is 2. The number of carbonyl (C=O) groups is 1. The van der Waals surface area contributed by atoms with Crippen LogP contribution in [0.15, 0.2) is 29.2 Å². The summed E-state index contributed by atoms with van der Waals surface area (Å²) in [6.07, 6.45) is 1.35. The molecule has 0 fully saturated rings. The minimum atomic E-state index is -3.67. The lowest BCUT2D eigenvalue weighted by Gasteiger charge is -2.24. The monoisotopic (exact) mass is 391 g/mol. The van der Waals surface area contributed by atoms with Crippen LogP contribution in [-0.2, 0) is 21.4 Å². The van der Waals surface area contributed by atoms with Gasteiger partial charge in [-0.1, -0.05) is 31.5 Å². The molecule has 144 valence electrons. The van der Waals surface area contributed by atoms with Crippen LogP contribution in [0.2, 0.25) is 0 Å². The van der Waals surface area contributed by atoms with Crippen LogP contribution < -0.4 is 15.8 Å². The highest BCUT2D eigenvalue weighted by atomic mass is 35.5. The number of rotatable bonds is 7. The third-order valence-electron chi connectivity index (χ3n) is 3.43. The van der Waals surface area contributed by atoms with Crippen molar-refractivity contribution in [2.75, 3.05) is 0 Å². The minimum Gasteiger partial charge on any atom is -0.350 e. The topological polar surface area (TPSA) is 101 Å². The van der Waals surface area contributed by atoms with E-state index in [1.807, 2.05) is 6.92 Å². The van der Waals surface area contributed by atoms with Gasteiger partial charge in [0.2, 0.25) is 15.9 Å². The number of sulfonamides is 1. The van der Waals surface area contributed by atoms with Gasteiger partial charge in [0.1, 0.15) is 0 Å². The van der Waals surface area contributed by atoms with E-state index < -0.39 is 21.1 Å². The van der Waals surface area contributed by atoms with Crippen molar-refractivity contribution in [3.05, 3.63) is 29.8 Å². The van der Waals surface area contributed by atoms with Crippen molar-refractivity contribution in [1.82, 2.24) is 10.0 Å². The first-order valence-corrected chi connectivity index (χ1v) is 9.56. The summed E-state index contributed by atoms with van der Waals surface area (Å²) in [5, 5.41) is 2.74. The molecule has 8 heteroatoms. The molecule has 0 heterocycles. The van der Waals surface area contributed by atoms with Crippen molar-refractivity contribution in [2.45, 2.75) is 70.0 Å². The first-order chi connectivity index (χ1) is 10.9. The van der Waals surface area contributed by atoms with Crippen molar-refractivity contribution in [1.29, 1.82) is 0 Å². The molecule has 1 rings (SSSR count). The summed E-state index contributed by atoms with van der Waals surface area (Å²) in [5.41, 5.74) is 4.97. The van der Waals surface area contributed by atoms with Gasteiger partial charge in [-0.15, -0.1) is 12.4 Å². The molecule has 1 atom stereocenters. The first-order valence-electron chi connectivity index (χ1n) is 8.08. The largest absolute Gasteiger partial charge is 0.350 e. The second-order valence-corrected chi connectivity index (χ2v) is 8.96. The van der Waals surface area contributed by atoms with E-state index >= 15 is 0 Å². The zero-order valence-corrected chi connectivity index (χ0v) is 17.2.